The van der Waals surface area contributed by atoms with Crippen LogP contribution in [-0.2, 0) is 6.54 Å². The van der Waals surface area contributed by atoms with Crippen LogP contribution in [0.3, 0.4) is 0 Å². The zero-order valence-corrected chi connectivity index (χ0v) is 16.5. The molecule has 1 fully saturated rings. The molecular weight excluding hydrogens is 344 g/mol. The predicted molar refractivity (Wildman–Crippen MR) is 109 cm³/mol. The van der Waals surface area contributed by atoms with E-state index in [0.29, 0.717) is 5.56 Å². The maximum atomic E-state index is 12.6. The number of carbonyl (C=O) groups excluding carboxylic acids is 1. The molecule has 5 heteroatoms. The summed E-state index contributed by atoms with van der Waals surface area (Å²) < 4.78 is 5.31. The molecule has 0 spiro atoms. The third-order valence-corrected chi connectivity index (χ3v) is 5.66. The number of nitrogens with zero attached hydrogens (tertiary/aromatic N) is 1. The monoisotopic (exact) mass is 370 g/mol. The van der Waals surface area contributed by atoms with E-state index in [1.165, 1.54) is 17.1 Å². The van der Waals surface area contributed by atoms with Crippen LogP contribution >= 0.6 is 11.8 Å². The fourth-order valence-corrected chi connectivity index (χ4v) is 4.12. The van der Waals surface area contributed by atoms with Gasteiger partial charge in [-0.25, -0.2) is 0 Å². The number of carbonyl (C=O) groups is 1. The first-order valence-corrected chi connectivity index (χ1v) is 10.1. The molecule has 1 N–H and O–H groups in total. The molecule has 2 aromatic rings. The summed E-state index contributed by atoms with van der Waals surface area (Å²) in [5, 5.41) is 3.02. The lowest BCUT2D eigenvalue weighted by Crippen LogP contribution is -2.31. The Morgan fingerprint density at radius 2 is 1.88 bits per heavy atom. The van der Waals surface area contributed by atoms with Crippen molar-refractivity contribution in [2.45, 2.75) is 20.4 Å². The predicted octanol–water partition coefficient (Wildman–Crippen LogP) is 4.11. The fraction of sp³-hybridized carbons (Fsp3) is 0.381. The molecule has 0 aliphatic carbocycles. The van der Waals surface area contributed by atoms with Crippen molar-refractivity contribution in [1.82, 2.24) is 4.90 Å². The number of aryl methyl sites for hydroxylation is 2. The summed E-state index contributed by atoms with van der Waals surface area (Å²) >= 11 is 2.02. The van der Waals surface area contributed by atoms with Crippen LogP contribution in [0.4, 0.5) is 5.69 Å². The molecule has 2 aromatic carbocycles. The highest BCUT2D eigenvalue weighted by molar-refractivity contribution is 7.99. The van der Waals surface area contributed by atoms with Gasteiger partial charge in [-0.05, 0) is 48.7 Å². The van der Waals surface area contributed by atoms with Crippen molar-refractivity contribution in [3.8, 4) is 5.75 Å². The van der Waals surface area contributed by atoms with E-state index in [4.69, 9.17) is 4.74 Å². The number of hydrogen-bond acceptors (Lipinski definition) is 4. The minimum atomic E-state index is -0.118. The van der Waals surface area contributed by atoms with Crippen LogP contribution < -0.4 is 10.1 Å². The lowest BCUT2D eigenvalue weighted by Gasteiger charge is -2.26. The fourth-order valence-electron chi connectivity index (χ4n) is 3.14. The van der Waals surface area contributed by atoms with Crippen molar-refractivity contribution in [3.63, 3.8) is 0 Å². The van der Waals surface area contributed by atoms with Gasteiger partial charge in [0.25, 0.3) is 5.91 Å². The number of thioether (sulfide) groups is 1. The minimum Gasteiger partial charge on any atom is -0.496 e. The summed E-state index contributed by atoms with van der Waals surface area (Å²) in [5.41, 5.74) is 4.85. The van der Waals surface area contributed by atoms with Gasteiger partial charge in [0.15, 0.2) is 0 Å². The average Bonchev–Trinajstić information content (AvgIpc) is 2.65. The molecular formula is C21H26N2O2S. The Labute approximate surface area is 159 Å². The van der Waals surface area contributed by atoms with E-state index in [2.05, 4.69) is 22.3 Å². The first-order valence-electron chi connectivity index (χ1n) is 8.92. The molecule has 0 aromatic heterocycles. The van der Waals surface area contributed by atoms with Crippen LogP contribution in [0.15, 0.2) is 36.4 Å². The lowest BCUT2D eigenvalue weighted by molar-refractivity contribution is 0.102. The Morgan fingerprint density at radius 3 is 2.58 bits per heavy atom. The SMILES string of the molecule is COc1cc(C(=O)Nc2ccc(CN3CCSCC3)cc2C)ccc1C. The molecule has 1 heterocycles. The van der Waals surface area contributed by atoms with Crippen molar-refractivity contribution < 1.29 is 9.53 Å². The van der Waals surface area contributed by atoms with Gasteiger partial charge < -0.3 is 10.1 Å². The second-order valence-electron chi connectivity index (χ2n) is 6.68. The summed E-state index contributed by atoms with van der Waals surface area (Å²) in [5.74, 6) is 3.04. The van der Waals surface area contributed by atoms with Crippen molar-refractivity contribution in [2.75, 3.05) is 37.0 Å². The molecule has 1 aliphatic heterocycles. The summed E-state index contributed by atoms with van der Waals surface area (Å²) in [6.45, 7) is 7.28. The van der Waals surface area contributed by atoms with Crippen molar-refractivity contribution >= 4 is 23.4 Å². The Morgan fingerprint density at radius 1 is 1.12 bits per heavy atom. The quantitative estimate of drug-likeness (QED) is 0.860. The topological polar surface area (TPSA) is 41.6 Å². The third-order valence-electron chi connectivity index (χ3n) is 4.72. The number of ether oxygens (including phenoxy) is 1. The van der Waals surface area contributed by atoms with Crippen molar-refractivity contribution in [3.05, 3.63) is 58.7 Å². The number of amides is 1. The van der Waals surface area contributed by atoms with Gasteiger partial charge >= 0.3 is 0 Å². The Hall–Kier alpha value is -1.98. The Bertz CT molecular complexity index is 786. The lowest BCUT2D eigenvalue weighted by atomic mass is 10.1. The van der Waals surface area contributed by atoms with Crippen LogP contribution in [0.25, 0.3) is 0 Å². The van der Waals surface area contributed by atoms with Gasteiger partial charge in [-0.2, -0.15) is 11.8 Å². The largest absolute Gasteiger partial charge is 0.496 e. The number of methoxy groups -OCH3 is 1. The van der Waals surface area contributed by atoms with Crippen molar-refractivity contribution in [1.29, 1.82) is 0 Å². The molecule has 0 unspecified atom stereocenters. The van der Waals surface area contributed by atoms with E-state index in [-0.39, 0.29) is 5.91 Å². The standard InChI is InChI=1S/C21H26N2O2S/c1-15-4-6-18(13-20(15)25-3)21(24)22-19-7-5-17(12-16(19)2)14-23-8-10-26-11-9-23/h4-7,12-13H,8-11,14H2,1-3H3,(H,22,24). The second kappa shape index (κ2) is 8.60. The van der Waals surface area contributed by atoms with E-state index in [0.717, 1.165) is 42.2 Å². The van der Waals surface area contributed by atoms with Crippen LogP contribution in [0, 0.1) is 13.8 Å². The Balaban J connectivity index is 1.68. The summed E-state index contributed by atoms with van der Waals surface area (Å²) in [4.78, 5) is 15.1. The first-order chi connectivity index (χ1) is 12.6. The number of rotatable bonds is 5. The third kappa shape index (κ3) is 4.59. The van der Waals surface area contributed by atoms with Gasteiger partial charge in [0.2, 0.25) is 0 Å². The van der Waals surface area contributed by atoms with Gasteiger partial charge in [0.1, 0.15) is 5.75 Å². The smallest absolute Gasteiger partial charge is 0.255 e. The maximum Gasteiger partial charge on any atom is 0.255 e. The van der Waals surface area contributed by atoms with E-state index >= 15 is 0 Å². The molecule has 0 radical (unpaired) electrons. The zero-order chi connectivity index (χ0) is 18.5. The van der Waals surface area contributed by atoms with Gasteiger partial charge in [0, 0.05) is 42.4 Å². The summed E-state index contributed by atoms with van der Waals surface area (Å²) in [6, 6.07) is 11.8. The van der Waals surface area contributed by atoms with Crippen LogP contribution in [0.2, 0.25) is 0 Å². The molecule has 138 valence electrons. The molecule has 0 bridgehead atoms. The van der Waals surface area contributed by atoms with Crippen LogP contribution in [0.1, 0.15) is 27.0 Å². The van der Waals surface area contributed by atoms with E-state index in [9.17, 15) is 4.79 Å². The highest BCUT2D eigenvalue weighted by atomic mass is 32.2. The van der Waals surface area contributed by atoms with Gasteiger partial charge in [-0.3, -0.25) is 9.69 Å². The summed E-state index contributed by atoms with van der Waals surface area (Å²) in [7, 11) is 1.62. The zero-order valence-electron chi connectivity index (χ0n) is 15.7. The molecule has 1 aliphatic rings. The molecule has 26 heavy (non-hydrogen) atoms. The molecule has 1 saturated heterocycles. The number of nitrogens with one attached hydrogen (secondary N) is 1. The molecule has 4 nitrogen and oxygen atoms in total. The highest BCUT2D eigenvalue weighted by Gasteiger charge is 2.13. The summed E-state index contributed by atoms with van der Waals surface area (Å²) in [6.07, 6.45) is 0. The molecule has 0 atom stereocenters. The molecule has 1 amide bonds. The molecule has 3 rings (SSSR count). The number of benzene rings is 2. The highest BCUT2D eigenvalue weighted by Crippen LogP contribution is 2.22. The average molecular weight is 371 g/mol. The van der Waals surface area contributed by atoms with E-state index in [1.54, 1.807) is 13.2 Å². The van der Waals surface area contributed by atoms with Gasteiger partial charge in [0.05, 0.1) is 7.11 Å². The number of anilines is 1. The van der Waals surface area contributed by atoms with E-state index < -0.39 is 0 Å². The van der Waals surface area contributed by atoms with Crippen LogP contribution in [-0.4, -0.2) is 42.5 Å². The van der Waals surface area contributed by atoms with Gasteiger partial charge in [-0.15, -0.1) is 0 Å². The minimum absolute atomic E-state index is 0.118. The maximum absolute atomic E-state index is 12.6. The van der Waals surface area contributed by atoms with Gasteiger partial charge in [-0.1, -0.05) is 18.2 Å². The van der Waals surface area contributed by atoms with Crippen molar-refractivity contribution in [2.24, 2.45) is 0 Å². The normalized spacial score (nSPS) is 14.9. The second-order valence-corrected chi connectivity index (χ2v) is 7.90. The number of hydrogen-bond donors (Lipinski definition) is 1. The van der Waals surface area contributed by atoms with E-state index in [1.807, 2.05) is 43.8 Å². The molecule has 0 saturated carbocycles. The first kappa shape index (κ1) is 18.8. The van der Waals surface area contributed by atoms with Crippen LogP contribution in [0.5, 0.6) is 5.75 Å². The Kier molecular flexibility index (Phi) is 6.22.